The van der Waals surface area contributed by atoms with Gasteiger partial charge in [-0.05, 0) is 36.3 Å². The van der Waals surface area contributed by atoms with Crippen LogP contribution in [0.5, 0.6) is 0 Å². The fraction of sp³-hybridized carbons (Fsp3) is 0.167. The molecular formula is C18H17ClN2O3S. The zero-order valence-corrected chi connectivity index (χ0v) is 14.9. The van der Waals surface area contributed by atoms with Gasteiger partial charge in [-0.15, -0.1) is 11.6 Å². The van der Waals surface area contributed by atoms with Crippen LogP contribution < -0.4 is 4.72 Å². The second-order valence-electron chi connectivity index (χ2n) is 5.44. The Morgan fingerprint density at radius 1 is 1.12 bits per heavy atom. The van der Waals surface area contributed by atoms with E-state index in [9.17, 15) is 8.42 Å². The maximum atomic E-state index is 11.9. The Bertz CT molecular complexity index is 982. The van der Waals surface area contributed by atoms with E-state index in [0.29, 0.717) is 35.0 Å². The molecule has 1 aromatic heterocycles. The van der Waals surface area contributed by atoms with Gasteiger partial charge in [0.25, 0.3) is 0 Å². The van der Waals surface area contributed by atoms with Crippen LogP contribution in [0.3, 0.4) is 0 Å². The quantitative estimate of drug-likeness (QED) is 0.621. The molecule has 0 aliphatic heterocycles. The van der Waals surface area contributed by atoms with E-state index in [1.54, 1.807) is 24.3 Å². The summed E-state index contributed by atoms with van der Waals surface area (Å²) in [4.78, 5) is 4.37. The summed E-state index contributed by atoms with van der Waals surface area (Å²) in [5.41, 5.74) is 2.67. The van der Waals surface area contributed by atoms with Gasteiger partial charge in [-0.1, -0.05) is 30.3 Å². The van der Waals surface area contributed by atoms with Crippen LogP contribution in [0.25, 0.3) is 23.3 Å². The molecule has 1 heterocycles. The van der Waals surface area contributed by atoms with Gasteiger partial charge in [0.15, 0.2) is 5.58 Å². The minimum atomic E-state index is -3.41. The second-order valence-corrected chi connectivity index (χ2v) is 7.66. The van der Waals surface area contributed by atoms with Crippen molar-refractivity contribution in [3.8, 4) is 0 Å². The molecule has 7 heteroatoms. The summed E-state index contributed by atoms with van der Waals surface area (Å²) < 4.78 is 32.0. The number of sulfonamides is 1. The Morgan fingerprint density at radius 2 is 1.92 bits per heavy atom. The maximum absolute atomic E-state index is 11.9. The molecule has 0 saturated heterocycles. The number of nitrogens with zero attached hydrogens (tertiary/aromatic N) is 1. The maximum Gasteiger partial charge on any atom is 0.232 e. The van der Waals surface area contributed by atoms with Crippen molar-refractivity contribution in [1.82, 2.24) is 4.98 Å². The largest absolute Gasteiger partial charge is 0.437 e. The van der Waals surface area contributed by atoms with Crippen molar-refractivity contribution >= 4 is 50.6 Å². The third kappa shape index (κ3) is 4.84. The minimum absolute atomic E-state index is 0.0155. The molecule has 1 N–H and O–H groups in total. The number of fused-ring (bicyclic) bond motifs is 1. The molecule has 25 heavy (non-hydrogen) atoms. The first-order chi connectivity index (χ1) is 12.1. The fourth-order valence-corrected chi connectivity index (χ4v) is 3.69. The number of anilines is 1. The highest BCUT2D eigenvalue weighted by molar-refractivity contribution is 7.92. The zero-order chi connectivity index (χ0) is 17.7. The smallest absolute Gasteiger partial charge is 0.232 e. The van der Waals surface area contributed by atoms with E-state index < -0.39 is 10.0 Å². The van der Waals surface area contributed by atoms with Crippen LogP contribution in [0, 0.1) is 0 Å². The molecule has 2 aromatic carbocycles. The number of nitrogens with one attached hydrogen (secondary N) is 1. The molecule has 3 rings (SSSR count). The number of halogens is 1. The molecule has 0 spiro atoms. The van der Waals surface area contributed by atoms with Crippen LogP contribution >= 0.6 is 11.6 Å². The van der Waals surface area contributed by atoms with E-state index in [4.69, 9.17) is 16.0 Å². The Hall–Kier alpha value is -2.31. The third-order valence-corrected chi connectivity index (χ3v) is 5.08. The first-order valence-electron chi connectivity index (χ1n) is 7.76. The molecule has 0 unspecified atom stereocenters. The molecule has 0 fully saturated rings. The number of hydrogen-bond donors (Lipinski definition) is 1. The van der Waals surface area contributed by atoms with Crippen LogP contribution in [0.4, 0.5) is 5.69 Å². The minimum Gasteiger partial charge on any atom is -0.437 e. The van der Waals surface area contributed by atoms with Gasteiger partial charge in [0.1, 0.15) is 5.52 Å². The number of alkyl halides is 1. The summed E-state index contributed by atoms with van der Waals surface area (Å²) in [6.07, 6.45) is 4.08. The van der Waals surface area contributed by atoms with Gasteiger partial charge in [0.2, 0.25) is 15.9 Å². The van der Waals surface area contributed by atoms with Crippen molar-refractivity contribution in [2.45, 2.75) is 6.42 Å². The van der Waals surface area contributed by atoms with Crippen LogP contribution in [-0.4, -0.2) is 25.0 Å². The molecule has 0 aliphatic rings. The van der Waals surface area contributed by atoms with E-state index in [1.165, 1.54) is 0 Å². The van der Waals surface area contributed by atoms with E-state index in [-0.39, 0.29) is 5.75 Å². The van der Waals surface area contributed by atoms with Crippen molar-refractivity contribution in [3.63, 3.8) is 0 Å². The average molecular weight is 377 g/mol. The summed E-state index contributed by atoms with van der Waals surface area (Å²) in [7, 11) is -3.41. The molecule has 0 amide bonds. The number of hydrogen-bond acceptors (Lipinski definition) is 4. The number of aromatic nitrogens is 1. The highest BCUT2D eigenvalue weighted by Gasteiger charge is 2.11. The molecule has 0 radical (unpaired) electrons. The van der Waals surface area contributed by atoms with Crippen molar-refractivity contribution < 1.29 is 12.8 Å². The summed E-state index contributed by atoms with van der Waals surface area (Å²) in [6, 6.07) is 14.8. The first kappa shape index (κ1) is 17.5. The summed E-state index contributed by atoms with van der Waals surface area (Å²) in [6.45, 7) is 0. The summed E-state index contributed by atoms with van der Waals surface area (Å²) in [5.74, 6) is 0.750. The van der Waals surface area contributed by atoms with Gasteiger partial charge in [-0.2, -0.15) is 0 Å². The van der Waals surface area contributed by atoms with Crippen LogP contribution in [0.2, 0.25) is 0 Å². The number of rotatable bonds is 7. The van der Waals surface area contributed by atoms with Crippen molar-refractivity contribution in [1.29, 1.82) is 0 Å². The molecular weight excluding hydrogens is 360 g/mol. The predicted octanol–water partition coefficient (Wildman–Crippen LogP) is 4.37. The van der Waals surface area contributed by atoms with Crippen LogP contribution in [0.15, 0.2) is 52.9 Å². The first-order valence-corrected chi connectivity index (χ1v) is 9.95. The van der Waals surface area contributed by atoms with Gasteiger partial charge < -0.3 is 4.42 Å². The third-order valence-electron chi connectivity index (χ3n) is 3.44. The van der Waals surface area contributed by atoms with E-state index in [2.05, 4.69) is 9.71 Å². The van der Waals surface area contributed by atoms with Gasteiger partial charge in [-0.25, -0.2) is 13.4 Å². The lowest BCUT2D eigenvalue weighted by atomic mass is 10.2. The second kappa shape index (κ2) is 7.72. The topological polar surface area (TPSA) is 72.2 Å². The van der Waals surface area contributed by atoms with Crippen LogP contribution in [-0.2, 0) is 10.0 Å². The lowest BCUT2D eigenvalue weighted by Crippen LogP contribution is -2.16. The molecule has 0 atom stereocenters. The monoisotopic (exact) mass is 376 g/mol. The highest BCUT2D eigenvalue weighted by Crippen LogP contribution is 2.22. The zero-order valence-electron chi connectivity index (χ0n) is 13.4. The Kier molecular flexibility index (Phi) is 5.40. The van der Waals surface area contributed by atoms with Crippen molar-refractivity contribution in [3.05, 3.63) is 60.0 Å². The average Bonchev–Trinajstić information content (AvgIpc) is 3.01. The van der Waals surface area contributed by atoms with Gasteiger partial charge in [0.05, 0.1) is 11.4 Å². The Balaban J connectivity index is 1.78. The van der Waals surface area contributed by atoms with Gasteiger partial charge >= 0.3 is 0 Å². The van der Waals surface area contributed by atoms with Gasteiger partial charge in [0, 0.05) is 12.0 Å². The lowest BCUT2D eigenvalue weighted by molar-refractivity contribution is 0.589. The SMILES string of the molecule is O=S(=O)(CCCCl)Nc1ccc2oc(/C=C/c3ccccc3)nc2c1. The molecule has 5 nitrogen and oxygen atoms in total. The molecule has 3 aromatic rings. The normalized spacial score (nSPS) is 12.0. The highest BCUT2D eigenvalue weighted by atomic mass is 35.5. The Labute approximate surface area is 151 Å². The van der Waals surface area contributed by atoms with Crippen molar-refractivity contribution in [2.24, 2.45) is 0 Å². The fourth-order valence-electron chi connectivity index (χ4n) is 2.29. The van der Waals surface area contributed by atoms with Gasteiger partial charge in [-0.3, -0.25) is 4.72 Å². The summed E-state index contributed by atoms with van der Waals surface area (Å²) >= 11 is 5.54. The molecule has 0 bridgehead atoms. The summed E-state index contributed by atoms with van der Waals surface area (Å²) in [5, 5.41) is 0. The van der Waals surface area contributed by atoms with E-state index >= 15 is 0 Å². The predicted molar refractivity (Wildman–Crippen MR) is 102 cm³/mol. The molecule has 0 saturated carbocycles. The number of oxazole rings is 1. The van der Waals surface area contributed by atoms with E-state index in [1.807, 2.05) is 36.4 Å². The standard InChI is InChI=1S/C18H17ClN2O3S/c19-11-4-12-25(22,23)21-15-8-9-17-16(13-15)20-18(24-17)10-7-14-5-2-1-3-6-14/h1-3,5-10,13,21H,4,11-12H2/b10-7+. The molecule has 0 aliphatic carbocycles. The number of benzene rings is 2. The van der Waals surface area contributed by atoms with Crippen molar-refractivity contribution in [2.75, 3.05) is 16.4 Å². The van der Waals surface area contributed by atoms with E-state index in [0.717, 1.165) is 5.56 Å². The lowest BCUT2D eigenvalue weighted by Gasteiger charge is -2.06. The van der Waals surface area contributed by atoms with Crippen LogP contribution in [0.1, 0.15) is 17.9 Å². The Morgan fingerprint density at radius 3 is 2.68 bits per heavy atom. The molecule has 130 valence electrons.